The summed E-state index contributed by atoms with van der Waals surface area (Å²) in [5.41, 5.74) is 6.90. The highest BCUT2D eigenvalue weighted by Crippen LogP contribution is 2.41. The summed E-state index contributed by atoms with van der Waals surface area (Å²) in [6, 6.07) is 6.21. The van der Waals surface area contributed by atoms with E-state index in [1.807, 2.05) is 4.90 Å². The van der Waals surface area contributed by atoms with Crippen molar-refractivity contribution in [2.75, 3.05) is 0 Å². The van der Waals surface area contributed by atoms with E-state index in [4.69, 9.17) is 5.73 Å². The summed E-state index contributed by atoms with van der Waals surface area (Å²) in [5, 5.41) is 11.3. The number of para-hydroxylation sites is 1. The zero-order chi connectivity index (χ0) is 15.0. The van der Waals surface area contributed by atoms with Gasteiger partial charge in [-0.15, -0.1) is 0 Å². The Kier molecular flexibility index (Phi) is 3.63. The van der Waals surface area contributed by atoms with Gasteiger partial charge in [0, 0.05) is 24.6 Å². The molecule has 0 spiro atoms. The SMILES string of the molecule is NC1CCCC(=O)N(C2CC2)C1c1ccccc1[N+](=O)[O-]. The number of hydrogen-bond donors (Lipinski definition) is 1. The van der Waals surface area contributed by atoms with Gasteiger partial charge < -0.3 is 10.6 Å². The first kappa shape index (κ1) is 14.0. The molecule has 1 aromatic rings. The van der Waals surface area contributed by atoms with Gasteiger partial charge >= 0.3 is 0 Å². The van der Waals surface area contributed by atoms with E-state index in [2.05, 4.69) is 0 Å². The molecule has 1 amide bonds. The number of carbonyl (C=O) groups is 1. The first-order valence-electron chi connectivity index (χ1n) is 7.39. The van der Waals surface area contributed by atoms with Crippen molar-refractivity contribution in [2.24, 2.45) is 5.73 Å². The zero-order valence-electron chi connectivity index (χ0n) is 11.8. The molecule has 2 aliphatic rings. The molecule has 1 heterocycles. The predicted molar refractivity (Wildman–Crippen MR) is 77.5 cm³/mol. The lowest BCUT2D eigenvalue weighted by Gasteiger charge is -2.33. The lowest BCUT2D eigenvalue weighted by atomic mass is 9.94. The van der Waals surface area contributed by atoms with E-state index in [9.17, 15) is 14.9 Å². The molecule has 0 radical (unpaired) electrons. The van der Waals surface area contributed by atoms with Gasteiger partial charge in [-0.3, -0.25) is 14.9 Å². The van der Waals surface area contributed by atoms with E-state index >= 15 is 0 Å². The van der Waals surface area contributed by atoms with Crippen molar-refractivity contribution in [1.82, 2.24) is 4.90 Å². The smallest absolute Gasteiger partial charge is 0.274 e. The minimum absolute atomic E-state index is 0.0540. The normalized spacial score (nSPS) is 26.5. The molecule has 1 aromatic carbocycles. The van der Waals surface area contributed by atoms with Gasteiger partial charge in [0.15, 0.2) is 0 Å². The second-order valence-corrected chi connectivity index (χ2v) is 5.85. The highest BCUT2D eigenvalue weighted by atomic mass is 16.6. The van der Waals surface area contributed by atoms with Crippen LogP contribution in [0.4, 0.5) is 5.69 Å². The van der Waals surface area contributed by atoms with Crippen LogP contribution in [0, 0.1) is 10.1 Å². The highest BCUT2D eigenvalue weighted by Gasteiger charge is 2.43. The summed E-state index contributed by atoms with van der Waals surface area (Å²) >= 11 is 0. The summed E-state index contributed by atoms with van der Waals surface area (Å²) in [4.78, 5) is 25.1. The second-order valence-electron chi connectivity index (χ2n) is 5.85. The van der Waals surface area contributed by atoms with Crippen molar-refractivity contribution in [3.63, 3.8) is 0 Å². The Morgan fingerprint density at radius 3 is 2.62 bits per heavy atom. The minimum atomic E-state index is -0.386. The first-order valence-corrected chi connectivity index (χ1v) is 7.39. The van der Waals surface area contributed by atoms with Crippen LogP contribution in [-0.4, -0.2) is 27.8 Å². The summed E-state index contributed by atoms with van der Waals surface area (Å²) in [5.74, 6) is 0.0774. The molecule has 2 N–H and O–H groups in total. The van der Waals surface area contributed by atoms with Gasteiger partial charge in [-0.05, 0) is 25.7 Å². The van der Waals surface area contributed by atoms with E-state index in [0.29, 0.717) is 18.4 Å². The molecule has 112 valence electrons. The van der Waals surface area contributed by atoms with Crippen LogP contribution in [0.25, 0.3) is 0 Å². The molecule has 1 aliphatic heterocycles. The number of rotatable bonds is 3. The highest BCUT2D eigenvalue weighted by molar-refractivity contribution is 5.78. The van der Waals surface area contributed by atoms with Crippen LogP contribution in [0.2, 0.25) is 0 Å². The number of nitrogens with zero attached hydrogens (tertiary/aromatic N) is 2. The molecule has 1 saturated carbocycles. The van der Waals surface area contributed by atoms with Crippen molar-refractivity contribution in [3.05, 3.63) is 39.9 Å². The number of carbonyl (C=O) groups excluding carboxylic acids is 1. The molecule has 6 nitrogen and oxygen atoms in total. The van der Waals surface area contributed by atoms with Gasteiger partial charge in [-0.2, -0.15) is 0 Å². The standard InChI is InChI=1S/C15H19N3O3/c16-12-5-3-7-14(19)17(10-8-9-10)15(12)11-4-1-2-6-13(11)18(20)21/h1-2,4,6,10,12,15H,3,5,7-9,16H2. The van der Waals surface area contributed by atoms with Crippen LogP contribution in [0.5, 0.6) is 0 Å². The van der Waals surface area contributed by atoms with E-state index in [1.165, 1.54) is 6.07 Å². The van der Waals surface area contributed by atoms with Crippen molar-refractivity contribution in [3.8, 4) is 0 Å². The number of nitrogens with two attached hydrogens (primary N) is 1. The maximum Gasteiger partial charge on any atom is 0.274 e. The second kappa shape index (κ2) is 5.44. The molecule has 0 aromatic heterocycles. The number of nitro benzene ring substituents is 1. The Hall–Kier alpha value is -1.95. The molecular weight excluding hydrogens is 270 g/mol. The van der Waals surface area contributed by atoms with Crippen LogP contribution >= 0.6 is 0 Å². The van der Waals surface area contributed by atoms with Crippen LogP contribution < -0.4 is 5.73 Å². The quantitative estimate of drug-likeness (QED) is 0.682. The Bertz CT molecular complexity index is 571. The fraction of sp³-hybridized carbons (Fsp3) is 0.533. The van der Waals surface area contributed by atoms with E-state index in [-0.39, 0.29) is 34.6 Å². The van der Waals surface area contributed by atoms with Gasteiger partial charge in [0.05, 0.1) is 16.5 Å². The third kappa shape index (κ3) is 2.63. The average Bonchev–Trinajstić information content (AvgIpc) is 3.28. The lowest BCUT2D eigenvalue weighted by Crippen LogP contribution is -2.43. The maximum atomic E-state index is 12.4. The molecule has 2 fully saturated rings. The number of likely N-dealkylation sites (tertiary alicyclic amines) is 1. The zero-order valence-corrected chi connectivity index (χ0v) is 11.8. The van der Waals surface area contributed by atoms with Gasteiger partial charge in [0.2, 0.25) is 5.91 Å². The summed E-state index contributed by atoms with van der Waals surface area (Å²) < 4.78 is 0. The van der Waals surface area contributed by atoms with Gasteiger partial charge in [-0.1, -0.05) is 18.2 Å². The molecular formula is C15H19N3O3. The first-order chi connectivity index (χ1) is 10.1. The summed E-state index contributed by atoms with van der Waals surface area (Å²) in [6.07, 6.45) is 3.89. The summed E-state index contributed by atoms with van der Waals surface area (Å²) in [7, 11) is 0. The topological polar surface area (TPSA) is 89.5 Å². The van der Waals surface area contributed by atoms with E-state index in [1.54, 1.807) is 18.2 Å². The number of nitro groups is 1. The van der Waals surface area contributed by atoms with Crippen molar-refractivity contribution < 1.29 is 9.72 Å². The Morgan fingerprint density at radius 2 is 1.95 bits per heavy atom. The van der Waals surface area contributed by atoms with Crippen LogP contribution in [0.3, 0.4) is 0 Å². The molecule has 2 unspecified atom stereocenters. The van der Waals surface area contributed by atoms with Crippen LogP contribution in [0.15, 0.2) is 24.3 Å². The Balaban J connectivity index is 2.07. The molecule has 0 bridgehead atoms. The molecule has 21 heavy (non-hydrogen) atoms. The predicted octanol–water partition coefficient (Wildman–Crippen LogP) is 2.14. The molecule has 2 atom stereocenters. The Morgan fingerprint density at radius 1 is 1.24 bits per heavy atom. The number of hydrogen-bond acceptors (Lipinski definition) is 4. The number of amides is 1. The fourth-order valence-electron chi connectivity index (χ4n) is 3.21. The summed E-state index contributed by atoms with van der Waals surface area (Å²) in [6.45, 7) is 0. The molecule has 6 heteroatoms. The lowest BCUT2D eigenvalue weighted by molar-refractivity contribution is -0.386. The van der Waals surface area contributed by atoms with Crippen molar-refractivity contribution in [2.45, 2.75) is 50.2 Å². The minimum Gasteiger partial charge on any atom is -0.331 e. The van der Waals surface area contributed by atoms with Crippen LogP contribution in [0.1, 0.15) is 43.7 Å². The van der Waals surface area contributed by atoms with Gasteiger partial charge in [0.1, 0.15) is 0 Å². The Labute approximate surface area is 123 Å². The van der Waals surface area contributed by atoms with Gasteiger partial charge in [0.25, 0.3) is 5.69 Å². The largest absolute Gasteiger partial charge is 0.331 e. The third-order valence-electron chi connectivity index (χ3n) is 4.31. The van der Waals surface area contributed by atoms with Crippen LogP contribution in [-0.2, 0) is 4.79 Å². The molecule has 1 saturated heterocycles. The monoisotopic (exact) mass is 289 g/mol. The van der Waals surface area contributed by atoms with Crippen molar-refractivity contribution in [1.29, 1.82) is 0 Å². The maximum absolute atomic E-state index is 12.4. The molecule has 1 aliphatic carbocycles. The molecule has 3 rings (SSSR count). The van der Waals surface area contributed by atoms with E-state index in [0.717, 1.165) is 19.3 Å². The number of benzene rings is 1. The van der Waals surface area contributed by atoms with Crippen molar-refractivity contribution >= 4 is 11.6 Å². The average molecular weight is 289 g/mol. The fourth-order valence-corrected chi connectivity index (χ4v) is 3.21. The van der Waals surface area contributed by atoms with E-state index < -0.39 is 0 Å². The third-order valence-corrected chi connectivity index (χ3v) is 4.31. The van der Waals surface area contributed by atoms with Gasteiger partial charge in [-0.25, -0.2) is 0 Å².